The third-order valence-electron chi connectivity index (χ3n) is 2.74. The second-order valence-corrected chi connectivity index (χ2v) is 4.95. The summed E-state index contributed by atoms with van der Waals surface area (Å²) in [6, 6.07) is 1.85. The van der Waals surface area contributed by atoms with Gasteiger partial charge in [0.1, 0.15) is 0 Å². The summed E-state index contributed by atoms with van der Waals surface area (Å²) in [6.07, 6.45) is 8.91. The van der Waals surface area contributed by atoms with Gasteiger partial charge in [0.05, 0.1) is 6.10 Å². The van der Waals surface area contributed by atoms with Crippen molar-refractivity contribution in [3.63, 3.8) is 0 Å². The van der Waals surface area contributed by atoms with E-state index in [4.69, 9.17) is 4.74 Å². The molecule has 0 saturated heterocycles. The third kappa shape index (κ3) is 2.92. The van der Waals surface area contributed by atoms with Crippen LogP contribution in [0.5, 0.6) is 0 Å². The van der Waals surface area contributed by atoms with Crippen LogP contribution >= 0.6 is 11.8 Å². The minimum atomic E-state index is 0.368. The SMILES string of the molecule is CO[C@@H]1CCCC[C@H]1Sc1ncccn1. The highest BCUT2D eigenvalue weighted by Gasteiger charge is 2.26. The first kappa shape index (κ1) is 10.9. The molecule has 1 aromatic heterocycles. The summed E-state index contributed by atoms with van der Waals surface area (Å²) in [5.74, 6) is 0. The molecule has 3 nitrogen and oxygen atoms in total. The van der Waals surface area contributed by atoms with Crippen molar-refractivity contribution < 1.29 is 4.74 Å². The van der Waals surface area contributed by atoms with E-state index in [2.05, 4.69) is 9.97 Å². The average molecular weight is 224 g/mol. The van der Waals surface area contributed by atoms with E-state index in [0.717, 1.165) is 5.16 Å². The Balaban J connectivity index is 1.97. The molecule has 1 heterocycles. The summed E-state index contributed by atoms with van der Waals surface area (Å²) >= 11 is 1.75. The minimum Gasteiger partial charge on any atom is -0.380 e. The lowest BCUT2D eigenvalue weighted by Gasteiger charge is -2.29. The molecule has 2 rings (SSSR count). The Hall–Kier alpha value is -0.610. The maximum atomic E-state index is 5.50. The molecular weight excluding hydrogens is 208 g/mol. The van der Waals surface area contributed by atoms with Gasteiger partial charge in [-0.25, -0.2) is 9.97 Å². The van der Waals surface area contributed by atoms with Crippen LogP contribution in [-0.4, -0.2) is 28.4 Å². The second kappa shape index (κ2) is 5.47. The first-order chi connectivity index (χ1) is 7.40. The van der Waals surface area contributed by atoms with Gasteiger partial charge in [-0.3, -0.25) is 0 Å². The lowest BCUT2D eigenvalue weighted by Crippen LogP contribution is -2.29. The van der Waals surface area contributed by atoms with Crippen LogP contribution < -0.4 is 0 Å². The Morgan fingerprint density at radius 2 is 2.00 bits per heavy atom. The Morgan fingerprint density at radius 3 is 2.73 bits per heavy atom. The van der Waals surface area contributed by atoms with Crippen LogP contribution in [0, 0.1) is 0 Å². The summed E-state index contributed by atoms with van der Waals surface area (Å²) in [4.78, 5) is 8.48. The summed E-state index contributed by atoms with van der Waals surface area (Å²) in [5, 5.41) is 1.39. The Morgan fingerprint density at radius 1 is 1.27 bits per heavy atom. The summed E-state index contributed by atoms with van der Waals surface area (Å²) in [6.45, 7) is 0. The quantitative estimate of drug-likeness (QED) is 0.739. The highest BCUT2D eigenvalue weighted by Crippen LogP contribution is 2.33. The van der Waals surface area contributed by atoms with E-state index in [1.807, 2.05) is 6.07 Å². The molecule has 2 atom stereocenters. The molecule has 0 bridgehead atoms. The van der Waals surface area contributed by atoms with Crippen LogP contribution in [-0.2, 0) is 4.74 Å². The van der Waals surface area contributed by atoms with Gasteiger partial charge in [0.25, 0.3) is 0 Å². The van der Waals surface area contributed by atoms with Crippen molar-refractivity contribution in [3.8, 4) is 0 Å². The summed E-state index contributed by atoms with van der Waals surface area (Å²) in [7, 11) is 1.80. The van der Waals surface area contributed by atoms with Crippen LogP contribution in [0.4, 0.5) is 0 Å². The van der Waals surface area contributed by atoms with Crippen LogP contribution in [0.1, 0.15) is 25.7 Å². The molecule has 82 valence electrons. The maximum absolute atomic E-state index is 5.50. The third-order valence-corrected chi connectivity index (χ3v) is 4.01. The molecule has 1 fully saturated rings. The highest BCUT2D eigenvalue weighted by molar-refractivity contribution is 7.99. The van der Waals surface area contributed by atoms with E-state index < -0.39 is 0 Å². The molecule has 0 aromatic carbocycles. The molecule has 1 aromatic rings. The van der Waals surface area contributed by atoms with E-state index in [-0.39, 0.29) is 0 Å². The summed E-state index contributed by atoms with van der Waals surface area (Å²) < 4.78 is 5.50. The predicted octanol–water partition coefficient (Wildman–Crippen LogP) is 2.53. The maximum Gasteiger partial charge on any atom is 0.187 e. The molecule has 0 spiro atoms. The van der Waals surface area contributed by atoms with Crippen molar-refractivity contribution in [1.82, 2.24) is 9.97 Å². The Labute approximate surface area is 94.7 Å². The van der Waals surface area contributed by atoms with Gasteiger partial charge in [0.15, 0.2) is 5.16 Å². The highest BCUT2D eigenvalue weighted by atomic mass is 32.2. The molecule has 4 heteroatoms. The van der Waals surface area contributed by atoms with E-state index in [9.17, 15) is 0 Å². The van der Waals surface area contributed by atoms with Gasteiger partial charge in [0.2, 0.25) is 0 Å². The largest absolute Gasteiger partial charge is 0.380 e. The summed E-state index contributed by atoms with van der Waals surface area (Å²) in [5.41, 5.74) is 0. The Kier molecular flexibility index (Phi) is 3.97. The van der Waals surface area contributed by atoms with Crippen molar-refractivity contribution in [2.24, 2.45) is 0 Å². The first-order valence-electron chi connectivity index (χ1n) is 5.36. The standard InChI is InChI=1S/C11H16N2OS/c1-14-9-5-2-3-6-10(9)15-11-12-7-4-8-13-11/h4,7-10H,2-3,5-6H2,1H3/t9-,10-/m1/s1. The number of methoxy groups -OCH3 is 1. The van der Waals surface area contributed by atoms with Gasteiger partial charge in [0, 0.05) is 24.8 Å². The number of nitrogens with zero attached hydrogens (tertiary/aromatic N) is 2. The van der Waals surface area contributed by atoms with E-state index in [1.54, 1.807) is 31.3 Å². The van der Waals surface area contributed by atoms with Crippen molar-refractivity contribution in [2.45, 2.75) is 42.2 Å². The predicted molar refractivity (Wildman–Crippen MR) is 60.9 cm³/mol. The fourth-order valence-corrected chi connectivity index (χ4v) is 3.15. The number of ether oxygens (including phenoxy) is 1. The molecule has 0 radical (unpaired) electrons. The molecule has 0 N–H and O–H groups in total. The topological polar surface area (TPSA) is 35.0 Å². The lowest BCUT2D eigenvalue weighted by molar-refractivity contribution is 0.0762. The average Bonchev–Trinajstić information content (AvgIpc) is 2.31. The fraction of sp³-hybridized carbons (Fsp3) is 0.636. The number of hydrogen-bond acceptors (Lipinski definition) is 4. The van der Waals surface area contributed by atoms with E-state index >= 15 is 0 Å². The van der Waals surface area contributed by atoms with Gasteiger partial charge in [-0.05, 0) is 18.9 Å². The van der Waals surface area contributed by atoms with Gasteiger partial charge < -0.3 is 4.74 Å². The molecule has 0 unspecified atom stereocenters. The minimum absolute atomic E-state index is 0.368. The van der Waals surface area contributed by atoms with Crippen LogP contribution in [0.15, 0.2) is 23.6 Å². The molecule has 1 aliphatic carbocycles. The van der Waals surface area contributed by atoms with E-state index in [1.165, 1.54) is 25.7 Å². The zero-order chi connectivity index (χ0) is 10.5. The van der Waals surface area contributed by atoms with Gasteiger partial charge in [-0.15, -0.1) is 0 Å². The van der Waals surface area contributed by atoms with Crippen molar-refractivity contribution in [3.05, 3.63) is 18.5 Å². The second-order valence-electron chi connectivity index (χ2n) is 3.75. The lowest BCUT2D eigenvalue weighted by atomic mass is 9.97. The number of thioether (sulfide) groups is 1. The zero-order valence-corrected chi connectivity index (χ0v) is 9.74. The van der Waals surface area contributed by atoms with Crippen molar-refractivity contribution in [2.75, 3.05) is 7.11 Å². The molecule has 1 saturated carbocycles. The van der Waals surface area contributed by atoms with Gasteiger partial charge >= 0.3 is 0 Å². The monoisotopic (exact) mass is 224 g/mol. The van der Waals surface area contributed by atoms with Crippen LogP contribution in [0.2, 0.25) is 0 Å². The molecule has 15 heavy (non-hydrogen) atoms. The molecule has 1 aliphatic rings. The number of rotatable bonds is 3. The fourth-order valence-electron chi connectivity index (χ4n) is 1.95. The van der Waals surface area contributed by atoms with Crippen LogP contribution in [0.3, 0.4) is 0 Å². The smallest absolute Gasteiger partial charge is 0.187 e. The number of hydrogen-bond donors (Lipinski definition) is 0. The Bertz CT molecular complexity index is 294. The molecule has 0 aliphatic heterocycles. The number of aromatic nitrogens is 2. The van der Waals surface area contributed by atoms with Crippen molar-refractivity contribution in [1.29, 1.82) is 0 Å². The van der Waals surface area contributed by atoms with Crippen LogP contribution in [0.25, 0.3) is 0 Å². The normalized spacial score (nSPS) is 26.5. The molecular formula is C11H16N2OS. The first-order valence-corrected chi connectivity index (χ1v) is 6.24. The zero-order valence-electron chi connectivity index (χ0n) is 8.93. The van der Waals surface area contributed by atoms with E-state index in [0.29, 0.717) is 11.4 Å². The van der Waals surface area contributed by atoms with Gasteiger partial charge in [-0.1, -0.05) is 24.6 Å². The van der Waals surface area contributed by atoms with Gasteiger partial charge in [-0.2, -0.15) is 0 Å². The van der Waals surface area contributed by atoms with Crippen molar-refractivity contribution >= 4 is 11.8 Å². The molecule has 0 amide bonds.